The first-order valence-corrected chi connectivity index (χ1v) is 6.62. The molecule has 54 valence electrons. The molecule has 0 N–H and O–H groups in total. The van der Waals surface area contributed by atoms with Gasteiger partial charge in [-0.3, -0.25) is 0 Å². The molecule has 0 amide bonds. The number of halogens is 1. The van der Waals surface area contributed by atoms with Gasteiger partial charge in [-0.1, -0.05) is 12.8 Å². The number of rotatable bonds is 3. The maximum Gasteiger partial charge on any atom is 0.0651 e. The second-order valence-electron chi connectivity index (χ2n) is 2.50. The van der Waals surface area contributed by atoms with E-state index in [4.69, 9.17) is 4.18 Å². The summed E-state index contributed by atoms with van der Waals surface area (Å²) >= 11 is 2.17. The van der Waals surface area contributed by atoms with Crippen molar-refractivity contribution in [2.75, 3.05) is 6.61 Å². The SMILES string of the molecule is ISOCC1CCCC1. The molecule has 0 aliphatic heterocycles. The zero-order valence-electron chi connectivity index (χ0n) is 5.31. The lowest BCUT2D eigenvalue weighted by Crippen LogP contribution is -1.99. The molecule has 0 heterocycles. The van der Waals surface area contributed by atoms with E-state index in [9.17, 15) is 0 Å². The number of hydrogen-bond donors (Lipinski definition) is 0. The van der Waals surface area contributed by atoms with Gasteiger partial charge < -0.3 is 4.18 Å². The van der Waals surface area contributed by atoms with Crippen LogP contribution in [-0.4, -0.2) is 6.61 Å². The smallest absolute Gasteiger partial charge is 0.0651 e. The zero-order valence-corrected chi connectivity index (χ0v) is 8.28. The number of hydrogen-bond acceptors (Lipinski definition) is 2. The van der Waals surface area contributed by atoms with Crippen molar-refractivity contribution in [3.63, 3.8) is 0 Å². The minimum atomic E-state index is 0.868. The van der Waals surface area contributed by atoms with Crippen LogP contribution in [0.1, 0.15) is 25.7 Å². The summed E-state index contributed by atoms with van der Waals surface area (Å²) in [6.07, 6.45) is 5.61. The van der Waals surface area contributed by atoms with Gasteiger partial charge in [-0.25, -0.2) is 0 Å². The summed E-state index contributed by atoms with van der Waals surface area (Å²) in [6.45, 7) is 0.966. The van der Waals surface area contributed by atoms with Crippen LogP contribution in [0.5, 0.6) is 0 Å². The van der Waals surface area contributed by atoms with Gasteiger partial charge in [-0.15, -0.1) is 0 Å². The Labute approximate surface area is 72.7 Å². The summed E-state index contributed by atoms with van der Waals surface area (Å²) in [4.78, 5) is 0. The van der Waals surface area contributed by atoms with Crippen LogP contribution >= 0.6 is 30.4 Å². The Bertz CT molecular complexity index is 73.5. The molecule has 3 heteroatoms. The molecule has 1 aliphatic rings. The van der Waals surface area contributed by atoms with Gasteiger partial charge in [0.05, 0.1) is 15.8 Å². The van der Waals surface area contributed by atoms with E-state index in [1.54, 1.807) is 0 Å². The summed E-state index contributed by atoms with van der Waals surface area (Å²) in [5.41, 5.74) is 0. The van der Waals surface area contributed by atoms with Crippen molar-refractivity contribution >= 4 is 30.4 Å². The quantitative estimate of drug-likeness (QED) is 0.568. The third-order valence-corrected chi connectivity index (χ3v) is 2.81. The lowest BCUT2D eigenvalue weighted by Gasteiger charge is -2.04. The van der Waals surface area contributed by atoms with E-state index in [-0.39, 0.29) is 0 Å². The molecule has 9 heavy (non-hydrogen) atoms. The second kappa shape index (κ2) is 4.79. The third-order valence-electron chi connectivity index (χ3n) is 1.82. The van der Waals surface area contributed by atoms with Gasteiger partial charge in [0.1, 0.15) is 0 Å². The Morgan fingerprint density at radius 2 is 2.11 bits per heavy atom. The van der Waals surface area contributed by atoms with Crippen molar-refractivity contribution in [2.45, 2.75) is 25.7 Å². The van der Waals surface area contributed by atoms with Crippen molar-refractivity contribution in [3.8, 4) is 0 Å². The van der Waals surface area contributed by atoms with Crippen LogP contribution in [-0.2, 0) is 4.18 Å². The fourth-order valence-corrected chi connectivity index (χ4v) is 1.98. The van der Waals surface area contributed by atoms with E-state index in [2.05, 4.69) is 21.2 Å². The molecule has 0 aromatic rings. The molecular formula is C6H11IOS. The molecule has 0 aromatic carbocycles. The average Bonchev–Trinajstić information content (AvgIpc) is 2.34. The van der Waals surface area contributed by atoms with E-state index in [1.165, 1.54) is 34.9 Å². The van der Waals surface area contributed by atoms with Gasteiger partial charge in [0, 0.05) is 21.2 Å². The molecule has 0 bridgehead atoms. The van der Waals surface area contributed by atoms with Gasteiger partial charge in [-0.2, -0.15) is 0 Å². The van der Waals surface area contributed by atoms with Crippen molar-refractivity contribution < 1.29 is 4.18 Å². The predicted octanol–water partition coefficient (Wildman–Crippen LogP) is 3.19. The summed E-state index contributed by atoms with van der Waals surface area (Å²) in [7, 11) is 1.46. The molecule has 1 aliphatic carbocycles. The summed E-state index contributed by atoms with van der Waals surface area (Å²) < 4.78 is 5.22. The van der Waals surface area contributed by atoms with E-state index in [0.29, 0.717) is 0 Å². The lowest BCUT2D eigenvalue weighted by atomic mass is 10.1. The van der Waals surface area contributed by atoms with Gasteiger partial charge in [-0.05, 0) is 18.8 Å². The molecule has 1 nitrogen and oxygen atoms in total. The molecule has 0 radical (unpaired) electrons. The molecule has 0 saturated heterocycles. The highest BCUT2D eigenvalue weighted by atomic mass is 127. The fraction of sp³-hybridized carbons (Fsp3) is 1.00. The zero-order chi connectivity index (χ0) is 6.53. The molecule has 0 aromatic heterocycles. The van der Waals surface area contributed by atoms with Crippen LogP contribution in [0.25, 0.3) is 0 Å². The third kappa shape index (κ3) is 3.09. The van der Waals surface area contributed by atoms with Crippen molar-refractivity contribution in [1.29, 1.82) is 0 Å². The van der Waals surface area contributed by atoms with E-state index >= 15 is 0 Å². The molecule has 1 fully saturated rings. The maximum atomic E-state index is 5.22. The van der Waals surface area contributed by atoms with E-state index in [0.717, 1.165) is 12.5 Å². The monoisotopic (exact) mass is 258 g/mol. The van der Waals surface area contributed by atoms with Crippen LogP contribution in [0.15, 0.2) is 0 Å². The van der Waals surface area contributed by atoms with E-state index in [1.807, 2.05) is 0 Å². The summed E-state index contributed by atoms with van der Waals surface area (Å²) in [5, 5.41) is 0. The summed E-state index contributed by atoms with van der Waals surface area (Å²) in [6, 6.07) is 0. The first-order valence-electron chi connectivity index (χ1n) is 3.33. The van der Waals surface area contributed by atoms with Crippen LogP contribution in [0.4, 0.5) is 0 Å². The van der Waals surface area contributed by atoms with Gasteiger partial charge >= 0.3 is 0 Å². The Kier molecular flexibility index (Phi) is 4.34. The largest absolute Gasteiger partial charge is 0.305 e. The molecule has 1 rings (SSSR count). The minimum Gasteiger partial charge on any atom is -0.305 e. The van der Waals surface area contributed by atoms with Crippen LogP contribution in [0, 0.1) is 5.92 Å². The maximum absolute atomic E-state index is 5.22. The Hall–Kier alpha value is 1.04. The van der Waals surface area contributed by atoms with Crippen molar-refractivity contribution in [1.82, 2.24) is 0 Å². The van der Waals surface area contributed by atoms with Crippen LogP contribution < -0.4 is 0 Å². The van der Waals surface area contributed by atoms with Crippen LogP contribution in [0.2, 0.25) is 0 Å². The summed E-state index contributed by atoms with van der Waals surface area (Å²) in [5.74, 6) is 0.868. The topological polar surface area (TPSA) is 9.23 Å². The first kappa shape index (κ1) is 8.14. The molecular weight excluding hydrogens is 247 g/mol. The highest BCUT2D eigenvalue weighted by molar-refractivity contribution is 14.2. The van der Waals surface area contributed by atoms with Crippen molar-refractivity contribution in [3.05, 3.63) is 0 Å². The van der Waals surface area contributed by atoms with Crippen LogP contribution in [0.3, 0.4) is 0 Å². The fourth-order valence-electron chi connectivity index (χ4n) is 1.30. The second-order valence-corrected chi connectivity index (χ2v) is 3.94. The van der Waals surface area contributed by atoms with E-state index < -0.39 is 0 Å². The first-order chi connectivity index (χ1) is 4.43. The van der Waals surface area contributed by atoms with Crippen molar-refractivity contribution in [2.24, 2.45) is 5.92 Å². The predicted molar refractivity (Wildman–Crippen MR) is 49.5 cm³/mol. The Morgan fingerprint density at radius 1 is 1.44 bits per heavy atom. The standard InChI is InChI=1S/C6H11IOS/c7-9-8-5-6-3-1-2-4-6/h6H,1-5H2. The molecule has 0 unspecified atom stereocenters. The highest BCUT2D eigenvalue weighted by Crippen LogP contribution is 2.26. The minimum absolute atomic E-state index is 0.868. The highest BCUT2D eigenvalue weighted by Gasteiger charge is 2.14. The Balaban J connectivity index is 1.98. The van der Waals surface area contributed by atoms with Gasteiger partial charge in [0.25, 0.3) is 0 Å². The molecule has 1 saturated carbocycles. The van der Waals surface area contributed by atoms with Gasteiger partial charge in [0.15, 0.2) is 0 Å². The molecule has 0 atom stereocenters. The normalized spacial score (nSPS) is 21.0. The molecule has 0 spiro atoms. The van der Waals surface area contributed by atoms with Gasteiger partial charge in [0.2, 0.25) is 0 Å². The lowest BCUT2D eigenvalue weighted by molar-refractivity contribution is 0.296. The Morgan fingerprint density at radius 3 is 2.67 bits per heavy atom. The average molecular weight is 258 g/mol.